The van der Waals surface area contributed by atoms with Crippen molar-refractivity contribution in [1.82, 2.24) is 9.62 Å². The molecule has 108 valence electrons. The molecule has 0 saturated carbocycles. The highest BCUT2D eigenvalue weighted by molar-refractivity contribution is 7.90. The van der Waals surface area contributed by atoms with Crippen molar-refractivity contribution in [3.63, 3.8) is 0 Å². The Balaban J connectivity index is 2.94. The van der Waals surface area contributed by atoms with Crippen LogP contribution in [0, 0.1) is 0 Å². The maximum atomic E-state index is 12.1. The van der Waals surface area contributed by atoms with Crippen molar-refractivity contribution in [3.05, 3.63) is 29.8 Å². The summed E-state index contributed by atoms with van der Waals surface area (Å²) in [5, 5.41) is 3.13. The van der Waals surface area contributed by atoms with Crippen LogP contribution in [0.3, 0.4) is 0 Å². The van der Waals surface area contributed by atoms with Gasteiger partial charge < -0.3 is 5.32 Å². The SMILES string of the molecule is CCN(CC)S(=O)(=O)Nc1cccc(C(C)NC)c1. The normalized spacial score (nSPS) is 13.5. The third kappa shape index (κ3) is 4.19. The molecule has 1 aromatic carbocycles. The van der Waals surface area contributed by atoms with Crippen LogP contribution in [0.25, 0.3) is 0 Å². The van der Waals surface area contributed by atoms with Crippen LogP contribution in [0.1, 0.15) is 32.4 Å². The van der Waals surface area contributed by atoms with Gasteiger partial charge in [0.2, 0.25) is 0 Å². The zero-order valence-corrected chi connectivity index (χ0v) is 12.8. The van der Waals surface area contributed by atoms with Crippen LogP contribution in [0.4, 0.5) is 5.69 Å². The lowest BCUT2D eigenvalue weighted by Crippen LogP contribution is -2.35. The largest absolute Gasteiger partial charge is 0.313 e. The molecule has 1 atom stereocenters. The fraction of sp³-hybridized carbons (Fsp3) is 0.538. The minimum Gasteiger partial charge on any atom is -0.313 e. The van der Waals surface area contributed by atoms with E-state index in [9.17, 15) is 8.42 Å². The summed E-state index contributed by atoms with van der Waals surface area (Å²) in [7, 11) is -1.59. The van der Waals surface area contributed by atoms with Crippen LogP contribution in [-0.2, 0) is 10.2 Å². The van der Waals surface area contributed by atoms with Crippen LogP contribution in [-0.4, -0.2) is 32.9 Å². The Bertz CT molecular complexity index is 498. The number of hydrogen-bond donors (Lipinski definition) is 2. The van der Waals surface area contributed by atoms with Crippen LogP contribution < -0.4 is 10.0 Å². The summed E-state index contributed by atoms with van der Waals surface area (Å²) in [6.45, 7) is 6.58. The molecule has 6 heteroatoms. The zero-order valence-electron chi connectivity index (χ0n) is 12.0. The van der Waals surface area contributed by atoms with Gasteiger partial charge in [-0.25, -0.2) is 0 Å². The van der Waals surface area contributed by atoms with E-state index < -0.39 is 10.2 Å². The summed E-state index contributed by atoms with van der Waals surface area (Å²) < 4.78 is 28.2. The van der Waals surface area contributed by atoms with E-state index >= 15 is 0 Å². The van der Waals surface area contributed by atoms with Crippen molar-refractivity contribution in [1.29, 1.82) is 0 Å². The number of anilines is 1. The van der Waals surface area contributed by atoms with Crippen molar-refractivity contribution in [3.8, 4) is 0 Å². The summed E-state index contributed by atoms with van der Waals surface area (Å²) in [4.78, 5) is 0. The first-order valence-electron chi connectivity index (χ1n) is 6.49. The minimum absolute atomic E-state index is 0.179. The Morgan fingerprint density at radius 1 is 1.26 bits per heavy atom. The Labute approximate surface area is 116 Å². The molecular formula is C13H23N3O2S. The standard InChI is InChI=1S/C13H23N3O2S/c1-5-16(6-2)19(17,18)15-13-9-7-8-12(10-13)11(3)14-4/h7-11,14-15H,5-6H2,1-4H3. The van der Waals surface area contributed by atoms with E-state index in [4.69, 9.17) is 0 Å². The quantitative estimate of drug-likeness (QED) is 0.805. The third-order valence-corrected chi connectivity index (χ3v) is 4.80. The second-order valence-electron chi connectivity index (χ2n) is 4.33. The van der Waals surface area contributed by atoms with Crippen LogP contribution in [0.15, 0.2) is 24.3 Å². The fourth-order valence-electron chi connectivity index (χ4n) is 1.82. The molecule has 0 bridgehead atoms. The lowest BCUT2D eigenvalue weighted by Gasteiger charge is -2.20. The van der Waals surface area contributed by atoms with Crippen molar-refractivity contribution < 1.29 is 8.42 Å². The molecule has 0 fully saturated rings. The summed E-state index contributed by atoms with van der Waals surface area (Å²) >= 11 is 0. The molecule has 0 radical (unpaired) electrons. The highest BCUT2D eigenvalue weighted by Gasteiger charge is 2.18. The molecule has 5 nitrogen and oxygen atoms in total. The number of nitrogens with zero attached hydrogens (tertiary/aromatic N) is 1. The smallest absolute Gasteiger partial charge is 0.301 e. The summed E-state index contributed by atoms with van der Waals surface area (Å²) in [5.41, 5.74) is 1.63. The first-order chi connectivity index (χ1) is 8.94. The monoisotopic (exact) mass is 285 g/mol. The topological polar surface area (TPSA) is 61.4 Å². The molecule has 0 spiro atoms. The lowest BCUT2D eigenvalue weighted by atomic mass is 10.1. The van der Waals surface area contributed by atoms with Gasteiger partial charge in [-0.2, -0.15) is 12.7 Å². The second kappa shape index (κ2) is 6.88. The second-order valence-corrected chi connectivity index (χ2v) is 6.00. The van der Waals surface area contributed by atoms with Crippen LogP contribution in [0.2, 0.25) is 0 Å². The average Bonchev–Trinajstić information content (AvgIpc) is 2.38. The first kappa shape index (κ1) is 15.9. The molecule has 0 saturated heterocycles. The molecule has 0 amide bonds. The number of benzene rings is 1. The van der Waals surface area contributed by atoms with Crippen molar-refractivity contribution in [2.75, 3.05) is 24.9 Å². The average molecular weight is 285 g/mol. The van der Waals surface area contributed by atoms with Crippen LogP contribution >= 0.6 is 0 Å². The lowest BCUT2D eigenvalue weighted by molar-refractivity contribution is 0.449. The summed E-state index contributed by atoms with van der Waals surface area (Å²) in [6, 6.07) is 7.60. The van der Waals surface area contributed by atoms with Gasteiger partial charge in [0.1, 0.15) is 0 Å². The maximum Gasteiger partial charge on any atom is 0.301 e. The first-order valence-corrected chi connectivity index (χ1v) is 7.93. The molecule has 0 aromatic heterocycles. The van der Waals surface area contributed by atoms with Gasteiger partial charge in [-0.05, 0) is 31.7 Å². The summed E-state index contributed by atoms with van der Waals surface area (Å²) in [5.74, 6) is 0. The van der Waals surface area contributed by atoms with Crippen molar-refractivity contribution in [2.45, 2.75) is 26.8 Å². The van der Waals surface area contributed by atoms with Gasteiger partial charge in [0, 0.05) is 19.1 Å². The highest BCUT2D eigenvalue weighted by Crippen LogP contribution is 2.18. The predicted octanol–water partition coefficient (Wildman–Crippen LogP) is 1.97. The van der Waals surface area contributed by atoms with Gasteiger partial charge in [-0.15, -0.1) is 0 Å². The molecular weight excluding hydrogens is 262 g/mol. The fourth-order valence-corrected chi connectivity index (χ4v) is 3.05. The van der Waals surface area contributed by atoms with E-state index in [0.717, 1.165) is 5.56 Å². The van der Waals surface area contributed by atoms with Crippen molar-refractivity contribution >= 4 is 15.9 Å². The molecule has 0 heterocycles. The molecule has 0 aliphatic rings. The number of hydrogen-bond acceptors (Lipinski definition) is 3. The van der Waals surface area contributed by atoms with E-state index in [1.807, 2.05) is 46.0 Å². The van der Waals surface area contributed by atoms with Crippen molar-refractivity contribution in [2.24, 2.45) is 0 Å². The minimum atomic E-state index is -3.46. The third-order valence-electron chi connectivity index (χ3n) is 3.11. The van der Waals surface area contributed by atoms with E-state index in [1.54, 1.807) is 6.07 Å². The molecule has 1 unspecified atom stereocenters. The van der Waals surface area contributed by atoms with E-state index in [1.165, 1.54) is 4.31 Å². The van der Waals surface area contributed by atoms with E-state index in [0.29, 0.717) is 18.8 Å². The molecule has 0 aliphatic heterocycles. The molecule has 2 N–H and O–H groups in total. The van der Waals surface area contributed by atoms with Gasteiger partial charge >= 0.3 is 10.2 Å². The predicted molar refractivity (Wildman–Crippen MR) is 79.4 cm³/mol. The Hall–Kier alpha value is -1.11. The Morgan fingerprint density at radius 2 is 1.89 bits per heavy atom. The molecule has 1 rings (SSSR count). The molecule has 0 aliphatic carbocycles. The molecule has 19 heavy (non-hydrogen) atoms. The van der Waals surface area contributed by atoms with Crippen LogP contribution in [0.5, 0.6) is 0 Å². The van der Waals surface area contributed by atoms with E-state index in [-0.39, 0.29) is 6.04 Å². The molecule has 1 aromatic rings. The maximum absolute atomic E-state index is 12.1. The van der Waals surface area contributed by atoms with Gasteiger partial charge in [0.25, 0.3) is 0 Å². The Kier molecular flexibility index (Phi) is 5.78. The van der Waals surface area contributed by atoms with Gasteiger partial charge in [0.05, 0.1) is 5.69 Å². The highest BCUT2D eigenvalue weighted by atomic mass is 32.2. The number of nitrogens with one attached hydrogen (secondary N) is 2. The van der Waals surface area contributed by atoms with E-state index in [2.05, 4.69) is 10.0 Å². The number of rotatable bonds is 7. The van der Waals surface area contributed by atoms with Gasteiger partial charge in [-0.1, -0.05) is 26.0 Å². The summed E-state index contributed by atoms with van der Waals surface area (Å²) in [6.07, 6.45) is 0. The van der Waals surface area contributed by atoms with Gasteiger partial charge in [-0.3, -0.25) is 4.72 Å². The Morgan fingerprint density at radius 3 is 2.42 bits per heavy atom. The van der Waals surface area contributed by atoms with Gasteiger partial charge in [0.15, 0.2) is 0 Å². The zero-order chi connectivity index (χ0) is 14.5.